The summed E-state index contributed by atoms with van der Waals surface area (Å²) < 4.78 is 11.1. The van der Waals surface area contributed by atoms with E-state index in [0.717, 1.165) is 52.4 Å². The summed E-state index contributed by atoms with van der Waals surface area (Å²) in [4.78, 5) is 0. The molecule has 0 aromatic heterocycles. The Balaban J connectivity index is -0.000000295. The number of nitrogens with one attached hydrogen (secondary N) is 2. The van der Waals surface area contributed by atoms with Crippen molar-refractivity contribution in [2.24, 2.45) is 0 Å². The molecule has 0 aliphatic heterocycles. The van der Waals surface area contributed by atoms with Crippen molar-refractivity contribution in [3.05, 3.63) is 0 Å². The Morgan fingerprint density at radius 2 is 1.19 bits per heavy atom. The van der Waals surface area contributed by atoms with E-state index in [9.17, 15) is 0 Å². The Morgan fingerprint density at radius 3 is 1.43 bits per heavy atom. The van der Waals surface area contributed by atoms with Crippen LogP contribution in [0.5, 0.6) is 0 Å². The van der Waals surface area contributed by atoms with E-state index in [-0.39, 0.29) is 19.5 Å². The van der Waals surface area contributed by atoms with Gasteiger partial charge >= 0.3 is 19.5 Å². The minimum Gasteiger partial charge on any atom is -0.412 e. The number of rotatable bonds is 10. The second-order valence-electron chi connectivity index (χ2n) is 3.53. The summed E-state index contributed by atoms with van der Waals surface area (Å²) in [6.45, 7) is 8.71. The Labute approximate surface area is 163 Å². The van der Waals surface area contributed by atoms with Crippen LogP contribution in [0.15, 0.2) is 0 Å². The summed E-state index contributed by atoms with van der Waals surface area (Å²) in [5.41, 5.74) is 0. The molecule has 0 aromatic carbocycles. The van der Waals surface area contributed by atoms with Crippen LogP contribution >= 0.6 is 24.4 Å². The fourth-order valence-corrected chi connectivity index (χ4v) is 1.43. The first-order valence-corrected chi connectivity index (χ1v) is 8.23. The molecule has 2 N–H and O–H groups in total. The number of hydrogen-bond acceptors (Lipinski definition) is 6. The first-order chi connectivity index (χ1) is 9.54. The van der Waals surface area contributed by atoms with Crippen molar-refractivity contribution in [2.45, 2.75) is 26.7 Å². The first-order valence-electron chi connectivity index (χ1n) is 6.59. The van der Waals surface area contributed by atoms with Crippen molar-refractivity contribution in [3.63, 3.8) is 0 Å². The third-order valence-corrected chi connectivity index (χ3v) is 2.46. The maximum Gasteiger partial charge on any atom is 2.00 e. The number of ether oxygens (including phenoxy) is 2. The second-order valence-corrected chi connectivity index (χ2v) is 5.68. The zero-order valence-electron chi connectivity index (χ0n) is 12.8. The first kappa shape index (κ1) is 26.7. The molecule has 0 atom stereocenters. The zero-order valence-corrected chi connectivity index (χ0v) is 19.0. The Hall–Kier alpha value is 0.763. The molecule has 21 heavy (non-hydrogen) atoms. The van der Waals surface area contributed by atoms with E-state index in [2.05, 4.69) is 60.3 Å². The molecule has 0 aromatic rings. The van der Waals surface area contributed by atoms with Crippen LogP contribution < -0.4 is 10.6 Å². The summed E-state index contributed by atoms with van der Waals surface area (Å²) in [7, 11) is 0. The van der Waals surface area contributed by atoms with Crippen molar-refractivity contribution >= 4 is 58.3 Å². The maximum absolute atomic E-state index is 5.10. The van der Waals surface area contributed by atoms with Gasteiger partial charge in [-0.3, -0.25) is 0 Å². The van der Waals surface area contributed by atoms with E-state index in [4.69, 9.17) is 9.47 Å². The number of hydrogen-bond donors (Lipinski definition) is 2. The van der Waals surface area contributed by atoms with Crippen LogP contribution in [-0.2, 0) is 54.2 Å². The second kappa shape index (κ2) is 23.0. The molecule has 120 valence electrons. The molecule has 0 saturated carbocycles. The molecule has 0 amide bonds. The predicted octanol–water partition coefficient (Wildman–Crippen LogP) is 1.67. The van der Waals surface area contributed by atoms with Crippen molar-refractivity contribution in [2.75, 3.05) is 39.5 Å². The molecule has 0 spiro atoms. The van der Waals surface area contributed by atoms with Crippen molar-refractivity contribution in [1.29, 1.82) is 0 Å². The topological polar surface area (TPSA) is 42.5 Å². The van der Waals surface area contributed by atoms with Gasteiger partial charge in [-0.2, -0.15) is 0 Å². The van der Waals surface area contributed by atoms with E-state index in [0.29, 0.717) is 8.64 Å². The molecular formula is C12H24N2O2S4Zn. The molecule has 0 aliphatic rings. The van der Waals surface area contributed by atoms with Crippen molar-refractivity contribution < 1.29 is 29.0 Å². The third kappa shape index (κ3) is 33.5. The van der Waals surface area contributed by atoms with Gasteiger partial charge in [0, 0.05) is 39.5 Å². The molecule has 0 heterocycles. The van der Waals surface area contributed by atoms with Gasteiger partial charge in [0.1, 0.15) is 0 Å². The maximum atomic E-state index is 5.10. The summed E-state index contributed by atoms with van der Waals surface area (Å²) in [5.74, 6) is 0. The van der Waals surface area contributed by atoms with Gasteiger partial charge in [0.2, 0.25) is 0 Å². The molecule has 0 aliphatic carbocycles. The molecule has 0 radical (unpaired) electrons. The monoisotopic (exact) mass is 420 g/mol. The van der Waals surface area contributed by atoms with E-state index in [1.165, 1.54) is 0 Å². The van der Waals surface area contributed by atoms with Gasteiger partial charge < -0.3 is 69.8 Å². The average Bonchev–Trinajstić information content (AvgIpc) is 2.38. The summed E-state index contributed by atoms with van der Waals surface area (Å²) in [6, 6.07) is 0. The van der Waals surface area contributed by atoms with Crippen LogP contribution in [-0.4, -0.2) is 48.2 Å². The molecular weight excluding hydrogens is 398 g/mol. The molecule has 0 unspecified atom stereocenters. The molecule has 0 bridgehead atoms. The number of thiocarbonyl (C=S) groups is 2. The minimum atomic E-state index is 0. The SMILES string of the molecule is CCOCCCNC(=S)[S-].CCOCCCNC(=S)[S-].[Zn+2]. The largest absolute Gasteiger partial charge is 2.00 e. The van der Waals surface area contributed by atoms with E-state index < -0.39 is 0 Å². The molecule has 9 heteroatoms. The van der Waals surface area contributed by atoms with Crippen LogP contribution in [0.1, 0.15) is 26.7 Å². The smallest absolute Gasteiger partial charge is 0.412 e. The van der Waals surface area contributed by atoms with Crippen molar-refractivity contribution in [1.82, 2.24) is 10.6 Å². The van der Waals surface area contributed by atoms with Crippen LogP contribution in [0.3, 0.4) is 0 Å². The van der Waals surface area contributed by atoms with Crippen LogP contribution in [0.4, 0.5) is 0 Å². The molecule has 4 nitrogen and oxygen atoms in total. The summed E-state index contributed by atoms with van der Waals surface area (Å²) >= 11 is 18.5. The molecule has 0 saturated heterocycles. The fourth-order valence-electron chi connectivity index (χ4n) is 1.02. The quantitative estimate of drug-likeness (QED) is 0.239. The van der Waals surface area contributed by atoms with Gasteiger partial charge in [-0.05, 0) is 26.7 Å². The zero-order chi connectivity index (χ0) is 15.6. The van der Waals surface area contributed by atoms with Gasteiger partial charge in [0.15, 0.2) is 0 Å². The van der Waals surface area contributed by atoms with Crippen LogP contribution in [0, 0.1) is 0 Å². The van der Waals surface area contributed by atoms with Gasteiger partial charge in [-0.25, -0.2) is 0 Å². The van der Waals surface area contributed by atoms with Gasteiger partial charge in [0.05, 0.1) is 0 Å². The standard InChI is InChI=1S/2C6H13NOS2.Zn/c2*1-2-8-5-3-4-7-6(9)10;/h2*2-5H2,1H3,(H2,7,9,10);/q;;+2/p-2. The van der Waals surface area contributed by atoms with Gasteiger partial charge in [-0.15, -0.1) is 0 Å². The normalized spacial score (nSPS) is 8.86. The molecule has 0 fully saturated rings. The Morgan fingerprint density at radius 1 is 0.857 bits per heavy atom. The average molecular weight is 422 g/mol. The predicted molar refractivity (Wildman–Crippen MR) is 98.2 cm³/mol. The van der Waals surface area contributed by atoms with E-state index in [1.807, 2.05) is 13.8 Å². The summed E-state index contributed by atoms with van der Waals surface area (Å²) in [6.07, 6.45) is 1.93. The summed E-state index contributed by atoms with van der Waals surface area (Å²) in [5, 5.41) is 5.74. The molecule has 0 rings (SSSR count). The fraction of sp³-hybridized carbons (Fsp3) is 0.833. The minimum absolute atomic E-state index is 0. The van der Waals surface area contributed by atoms with Gasteiger partial charge in [0.25, 0.3) is 0 Å². The van der Waals surface area contributed by atoms with Crippen LogP contribution in [0.2, 0.25) is 0 Å². The van der Waals surface area contributed by atoms with Crippen molar-refractivity contribution in [3.8, 4) is 0 Å². The Bertz CT molecular complexity index is 225. The van der Waals surface area contributed by atoms with Crippen LogP contribution in [0.25, 0.3) is 0 Å². The Kier molecular flexibility index (Phi) is 29.2. The van der Waals surface area contributed by atoms with E-state index >= 15 is 0 Å². The van der Waals surface area contributed by atoms with E-state index in [1.54, 1.807) is 0 Å². The van der Waals surface area contributed by atoms with Gasteiger partial charge in [-0.1, -0.05) is 8.64 Å². The third-order valence-electron chi connectivity index (χ3n) is 1.88.